The fourth-order valence-electron chi connectivity index (χ4n) is 4.06. The number of nitrogens with one attached hydrogen (secondary N) is 1. The lowest BCUT2D eigenvalue weighted by Crippen LogP contribution is -2.19. The highest BCUT2D eigenvalue weighted by atomic mass is 32.2. The quantitative estimate of drug-likeness (QED) is 0.367. The van der Waals surface area contributed by atoms with Gasteiger partial charge in [0.1, 0.15) is 4.90 Å². The molecule has 35 heavy (non-hydrogen) atoms. The summed E-state index contributed by atoms with van der Waals surface area (Å²) in [6, 6.07) is 18.3. The molecule has 3 aromatic carbocycles. The summed E-state index contributed by atoms with van der Waals surface area (Å²) in [7, 11) is -0.0720. The zero-order valence-corrected chi connectivity index (χ0v) is 20.5. The molecule has 0 spiro atoms. The van der Waals surface area contributed by atoms with Crippen molar-refractivity contribution in [1.82, 2.24) is 0 Å². The third-order valence-corrected chi connectivity index (χ3v) is 7.07. The lowest BCUT2D eigenvalue weighted by atomic mass is 10.2. The van der Waals surface area contributed by atoms with Gasteiger partial charge in [-0.1, -0.05) is 30.3 Å². The number of hydrogen-bond acceptors (Lipinski definition) is 7. The first kappa shape index (κ1) is 24.2. The zero-order chi connectivity index (χ0) is 25.0. The standard InChI is InChI=1S/C26H26N2O6S/c1-32-23-16-18(12-13-25(29)33-2)17-24(26(23)34-3)35(30,31)27-20-9-5-7-11-22(20)28-15-14-19-8-4-6-10-21(19)28/h4-13,16-17,27H,14-15H2,1-3H3/b13-12+. The van der Waals surface area contributed by atoms with Crippen LogP contribution < -0.4 is 19.1 Å². The molecular weight excluding hydrogens is 468 g/mol. The van der Waals surface area contributed by atoms with Gasteiger partial charge in [-0.15, -0.1) is 0 Å². The molecule has 3 aromatic rings. The second kappa shape index (κ2) is 10.1. The van der Waals surface area contributed by atoms with Crippen molar-refractivity contribution in [3.05, 3.63) is 77.9 Å². The molecule has 0 aromatic heterocycles. The minimum atomic E-state index is -4.12. The fourth-order valence-corrected chi connectivity index (χ4v) is 5.35. The molecule has 0 aliphatic carbocycles. The fraction of sp³-hybridized carbons (Fsp3) is 0.192. The largest absolute Gasteiger partial charge is 0.493 e. The molecule has 0 unspecified atom stereocenters. The van der Waals surface area contributed by atoms with E-state index >= 15 is 0 Å². The van der Waals surface area contributed by atoms with E-state index in [0.29, 0.717) is 11.3 Å². The number of anilines is 3. The molecule has 1 N–H and O–H groups in total. The van der Waals surface area contributed by atoms with Gasteiger partial charge in [-0.3, -0.25) is 4.72 Å². The van der Waals surface area contributed by atoms with Crippen LogP contribution in [-0.4, -0.2) is 42.3 Å². The van der Waals surface area contributed by atoms with Gasteiger partial charge in [0.25, 0.3) is 10.0 Å². The number of methoxy groups -OCH3 is 3. The normalized spacial score (nSPS) is 12.9. The number of rotatable bonds is 8. The lowest BCUT2D eigenvalue weighted by Gasteiger charge is -2.23. The van der Waals surface area contributed by atoms with E-state index in [1.165, 1.54) is 45.1 Å². The second-order valence-corrected chi connectivity index (χ2v) is 9.41. The van der Waals surface area contributed by atoms with Gasteiger partial charge < -0.3 is 19.1 Å². The third-order valence-electron chi connectivity index (χ3n) is 5.70. The van der Waals surface area contributed by atoms with Crippen LogP contribution in [0.4, 0.5) is 17.1 Å². The van der Waals surface area contributed by atoms with E-state index in [4.69, 9.17) is 9.47 Å². The van der Waals surface area contributed by atoms with Gasteiger partial charge in [-0.2, -0.15) is 0 Å². The molecule has 9 heteroatoms. The Bertz CT molecular complexity index is 1380. The molecule has 0 saturated heterocycles. The van der Waals surface area contributed by atoms with Crippen molar-refractivity contribution in [3.8, 4) is 11.5 Å². The summed E-state index contributed by atoms with van der Waals surface area (Å²) in [6.07, 6.45) is 3.52. The molecule has 8 nitrogen and oxygen atoms in total. The Morgan fingerprint density at radius 1 is 0.971 bits per heavy atom. The minimum absolute atomic E-state index is 0.0548. The maximum atomic E-state index is 13.6. The Balaban J connectivity index is 1.75. The van der Waals surface area contributed by atoms with Crippen LogP contribution in [0.15, 0.2) is 71.6 Å². The number of fused-ring (bicyclic) bond motifs is 1. The first-order chi connectivity index (χ1) is 16.9. The SMILES string of the molecule is COC(=O)/C=C/c1cc(OC)c(OC)c(S(=O)(=O)Nc2ccccc2N2CCc3ccccc32)c1. The number of esters is 1. The molecular formula is C26H26N2O6S. The van der Waals surface area contributed by atoms with E-state index in [-0.39, 0.29) is 16.4 Å². The van der Waals surface area contributed by atoms with Crippen LogP contribution in [0.1, 0.15) is 11.1 Å². The van der Waals surface area contributed by atoms with E-state index in [2.05, 4.69) is 20.4 Å². The first-order valence-corrected chi connectivity index (χ1v) is 12.4. The number of sulfonamides is 1. The number of para-hydroxylation sites is 3. The van der Waals surface area contributed by atoms with Crippen LogP contribution in [0.5, 0.6) is 11.5 Å². The van der Waals surface area contributed by atoms with E-state index in [1.54, 1.807) is 18.2 Å². The Morgan fingerprint density at radius 2 is 1.69 bits per heavy atom. The van der Waals surface area contributed by atoms with Crippen molar-refractivity contribution in [3.63, 3.8) is 0 Å². The highest BCUT2D eigenvalue weighted by molar-refractivity contribution is 7.92. The summed E-state index contributed by atoms with van der Waals surface area (Å²) < 4.78 is 45.4. The van der Waals surface area contributed by atoms with Crippen molar-refractivity contribution in [1.29, 1.82) is 0 Å². The summed E-state index contributed by atoms with van der Waals surface area (Å²) >= 11 is 0. The average Bonchev–Trinajstić information content (AvgIpc) is 3.30. The van der Waals surface area contributed by atoms with Gasteiger partial charge in [-0.25, -0.2) is 13.2 Å². The van der Waals surface area contributed by atoms with Gasteiger partial charge in [0.2, 0.25) is 0 Å². The van der Waals surface area contributed by atoms with Crippen molar-refractivity contribution < 1.29 is 27.4 Å². The summed E-state index contributed by atoms with van der Waals surface area (Å²) in [5.74, 6) is -0.303. The highest BCUT2D eigenvalue weighted by Gasteiger charge is 2.27. The maximum absolute atomic E-state index is 13.6. The van der Waals surface area contributed by atoms with Crippen molar-refractivity contribution in [2.45, 2.75) is 11.3 Å². The van der Waals surface area contributed by atoms with E-state index in [1.807, 2.05) is 30.3 Å². The van der Waals surface area contributed by atoms with Crippen LogP contribution in [-0.2, 0) is 26.0 Å². The number of hydrogen-bond donors (Lipinski definition) is 1. The monoisotopic (exact) mass is 494 g/mol. The highest BCUT2D eigenvalue weighted by Crippen LogP contribution is 2.41. The number of ether oxygens (including phenoxy) is 3. The predicted molar refractivity (Wildman–Crippen MR) is 135 cm³/mol. The minimum Gasteiger partial charge on any atom is -0.493 e. The van der Waals surface area contributed by atoms with Crippen LogP contribution >= 0.6 is 0 Å². The Kier molecular flexibility index (Phi) is 6.97. The van der Waals surface area contributed by atoms with Gasteiger partial charge in [0, 0.05) is 18.3 Å². The second-order valence-electron chi connectivity index (χ2n) is 7.76. The smallest absolute Gasteiger partial charge is 0.330 e. The Morgan fingerprint density at radius 3 is 2.40 bits per heavy atom. The van der Waals surface area contributed by atoms with E-state index in [9.17, 15) is 13.2 Å². The molecule has 0 amide bonds. The maximum Gasteiger partial charge on any atom is 0.330 e. The molecule has 0 bridgehead atoms. The summed E-state index contributed by atoms with van der Waals surface area (Å²) in [4.78, 5) is 13.5. The molecule has 4 rings (SSSR count). The van der Waals surface area contributed by atoms with Crippen LogP contribution in [0, 0.1) is 0 Å². The van der Waals surface area contributed by atoms with Gasteiger partial charge in [0.15, 0.2) is 11.5 Å². The molecule has 1 aliphatic heterocycles. The molecule has 182 valence electrons. The van der Waals surface area contributed by atoms with Crippen molar-refractivity contribution in [2.75, 3.05) is 37.5 Å². The van der Waals surface area contributed by atoms with E-state index < -0.39 is 16.0 Å². The summed E-state index contributed by atoms with van der Waals surface area (Å²) in [6.45, 7) is 0.739. The zero-order valence-electron chi connectivity index (χ0n) is 19.6. The Hall–Kier alpha value is -3.98. The number of carbonyl (C=O) groups excluding carboxylic acids is 1. The molecule has 0 radical (unpaired) electrons. The van der Waals surface area contributed by atoms with Gasteiger partial charge >= 0.3 is 5.97 Å². The number of carbonyl (C=O) groups is 1. The van der Waals surface area contributed by atoms with Gasteiger partial charge in [-0.05, 0) is 54.0 Å². The topological polar surface area (TPSA) is 94.2 Å². The molecule has 1 aliphatic rings. The van der Waals surface area contributed by atoms with Gasteiger partial charge in [0.05, 0.1) is 32.7 Å². The molecule has 0 saturated carbocycles. The summed E-state index contributed by atoms with van der Waals surface area (Å²) in [5.41, 5.74) is 3.86. The first-order valence-electron chi connectivity index (χ1n) is 10.9. The third kappa shape index (κ3) is 4.95. The van der Waals surface area contributed by atoms with Crippen LogP contribution in [0.2, 0.25) is 0 Å². The van der Waals surface area contributed by atoms with Crippen molar-refractivity contribution >= 4 is 39.1 Å². The number of nitrogens with zero attached hydrogens (tertiary/aromatic N) is 1. The summed E-state index contributed by atoms with van der Waals surface area (Å²) in [5, 5.41) is 0. The van der Waals surface area contributed by atoms with Crippen LogP contribution in [0.3, 0.4) is 0 Å². The molecule has 0 fully saturated rings. The van der Waals surface area contributed by atoms with Crippen LogP contribution in [0.25, 0.3) is 6.08 Å². The average molecular weight is 495 g/mol. The van der Waals surface area contributed by atoms with E-state index in [0.717, 1.165) is 24.3 Å². The lowest BCUT2D eigenvalue weighted by molar-refractivity contribution is -0.134. The number of benzene rings is 3. The molecule has 0 atom stereocenters. The predicted octanol–water partition coefficient (Wildman–Crippen LogP) is 4.39. The van der Waals surface area contributed by atoms with Crippen molar-refractivity contribution in [2.24, 2.45) is 0 Å². The molecule has 1 heterocycles. The Labute approximate surface area is 204 Å².